The van der Waals surface area contributed by atoms with E-state index in [9.17, 15) is 14.0 Å². The second-order valence-corrected chi connectivity index (χ2v) is 6.59. The molecule has 2 aliphatic rings. The molecule has 0 radical (unpaired) electrons. The zero-order valence-electron chi connectivity index (χ0n) is 14.9. The Kier molecular flexibility index (Phi) is 4.49. The van der Waals surface area contributed by atoms with Gasteiger partial charge in [-0.25, -0.2) is 9.29 Å². The van der Waals surface area contributed by atoms with Crippen LogP contribution in [0.25, 0.3) is 5.57 Å². The number of amides is 2. The molecule has 27 heavy (non-hydrogen) atoms. The first kappa shape index (κ1) is 17.4. The van der Waals surface area contributed by atoms with E-state index in [1.165, 1.54) is 18.2 Å². The van der Waals surface area contributed by atoms with Crippen molar-refractivity contribution >= 4 is 23.1 Å². The van der Waals surface area contributed by atoms with Crippen molar-refractivity contribution in [1.29, 1.82) is 0 Å². The number of hydrogen-bond acceptors (Lipinski definition) is 4. The van der Waals surface area contributed by atoms with Gasteiger partial charge in [0, 0.05) is 13.1 Å². The average molecular weight is 366 g/mol. The first-order valence-corrected chi connectivity index (χ1v) is 8.85. The Morgan fingerprint density at radius 3 is 2.26 bits per heavy atom. The maximum atomic E-state index is 14.3. The standard InChI is InChI=1S/C21H19FN2O3/c1-14-6-8-15(9-7-14)18-19(23-10-12-27-13-11-23)21(26)24(20(18)25)17-5-3-2-4-16(17)22/h2-9H,10-13H2,1H3. The molecule has 0 aliphatic carbocycles. The fourth-order valence-corrected chi connectivity index (χ4v) is 3.43. The molecule has 138 valence electrons. The zero-order valence-corrected chi connectivity index (χ0v) is 14.9. The summed E-state index contributed by atoms with van der Waals surface area (Å²) in [6.45, 7) is 3.93. The summed E-state index contributed by atoms with van der Waals surface area (Å²) in [4.78, 5) is 29.2. The van der Waals surface area contributed by atoms with Crippen LogP contribution < -0.4 is 4.90 Å². The number of aryl methyl sites for hydroxylation is 1. The maximum absolute atomic E-state index is 14.3. The van der Waals surface area contributed by atoms with Crippen LogP contribution in [0.3, 0.4) is 0 Å². The van der Waals surface area contributed by atoms with Crippen LogP contribution in [0.1, 0.15) is 11.1 Å². The van der Waals surface area contributed by atoms with E-state index >= 15 is 0 Å². The van der Waals surface area contributed by atoms with E-state index in [0.29, 0.717) is 43.1 Å². The van der Waals surface area contributed by atoms with Gasteiger partial charge in [0.25, 0.3) is 11.8 Å². The number of benzene rings is 2. The highest BCUT2D eigenvalue weighted by atomic mass is 19.1. The fraction of sp³-hybridized carbons (Fsp3) is 0.238. The lowest BCUT2D eigenvalue weighted by atomic mass is 10.0. The zero-order chi connectivity index (χ0) is 19.0. The van der Waals surface area contributed by atoms with Gasteiger partial charge >= 0.3 is 0 Å². The Hall–Kier alpha value is -2.99. The summed E-state index contributed by atoms with van der Waals surface area (Å²) in [7, 11) is 0. The molecular formula is C21H19FN2O3. The molecule has 2 aromatic carbocycles. The van der Waals surface area contributed by atoms with Crippen LogP contribution in [-0.2, 0) is 14.3 Å². The molecule has 0 atom stereocenters. The Labute approximate surface area is 156 Å². The quantitative estimate of drug-likeness (QED) is 0.784. The second-order valence-electron chi connectivity index (χ2n) is 6.59. The molecule has 5 nitrogen and oxygen atoms in total. The van der Waals surface area contributed by atoms with Crippen LogP contribution in [-0.4, -0.2) is 43.0 Å². The van der Waals surface area contributed by atoms with E-state index in [1.807, 2.05) is 36.1 Å². The Morgan fingerprint density at radius 1 is 0.926 bits per heavy atom. The molecule has 0 N–H and O–H groups in total. The van der Waals surface area contributed by atoms with E-state index in [2.05, 4.69) is 0 Å². The van der Waals surface area contributed by atoms with Crippen LogP contribution >= 0.6 is 0 Å². The molecule has 0 aromatic heterocycles. The molecular weight excluding hydrogens is 347 g/mol. The number of halogens is 1. The Morgan fingerprint density at radius 2 is 1.59 bits per heavy atom. The molecule has 2 aromatic rings. The molecule has 2 heterocycles. The summed E-state index contributed by atoms with van der Waals surface area (Å²) in [5.74, 6) is -1.61. The van der Waals surface area contributed by atoms with Gasteiger partial charge in [0.2, 0.25) is 0 Å². The number of anilines is 1. The Balaban J connectivity index is 1.84. The van der Waals surface area contributed by atoms with E-state index in [0.717, 1.165) is 10.5 Å². The minimum Gasteiger partial charge on any atom is -0.378 e. The number of hydrogen-bond donors (Lipinski definition) is 0. The van der Waals surface area contributed by atoms with Crippen molar-refractivity contribution < 1.29 is 18.7 Å². The van der Waals surface area contributed by atoms with Crippen LogP contribution in [0.4, 0.5) is 10.1 Å². The lowest BCUT2D eigenvalue weighted by Crippen LogP contribution is -2.40. The largest absolute Gasteiger partial charge is 0.378 e. The summed E-state index contributed by atoms with van der Waals surface area (Å²) in [6.07, 6.45) is 0. The predicted octanol–water partition coefficient (Wildman–Crippen LogP) is 2.75. The number of nitrogens with zero attached hydrogens (tertiary/aromatic N) is 2. The SMILES string of the molecule is Cc1ccc(C2=C(N3CCOCC3)C(=O)N(c3ccccc3F)C2=O)cc1. The number of para-hydroxylation sites is 1. The van der Waals surface area contributed by atoms with Gasteiger partial charge in [-0.2, -0.15) is 0 Å². The number of morpholine rings is 1. The normalized spacial score (nSPS) is 17.9. The van der Waals surface area contributed by atoms with E-state index in [1.54, 1.807) is 6.07 Å². The molecule has 0 bridgehead atoms. The highest BCUT2D eigenvalue weighted by Gasteiger charge is 2.43. The molecule has 2 amide bonds. The number of rotatable bonds is 3. The lowest BCUT2D eigenvalue weighted by molar-refractivity contribution is -0.121. The molecule has 0 unspecified atom stereocenters. The van der Waals surface area contributed by atoms with Gasteiger partial charge in [0.15, 0.2) is 0 Å². The van der Waals surface area contributed by atoms with Crippen molar-refractivity contribution in [3.63, 3.8) is 0 Å². The van der Waals surface area contributed by atoms with Crippen molar-refractivity contribution in [3.05, 3.63) is 71.2 Å². The maximum Gasteiger partial charge on any atom is 0.282 e. The van der Waals surface area contributed by atoms with Crippen molar-refractivity contribution in [2.24, 2.45) is 0 Å². The summed E-state index contributed by atoms with van der Waals surface area (Å²) in [6, 6.07) is 13.3. The van der Waals surface area contributed by atoms with E-state index < -0.39 is 17.6 Å². The summed E-state index contributed by atoms with van der Waals surface area (Å²) >= 11 is 0. The molecule has 0 saturated carbocycles. The topological polar surface area (TPSA) is 49.9 Å². The number of imide groups is 1. The Bertz CT molecular complexity index is 931. The first-order valence-electron chi connectivity index (χ1n) is 8.85. The van der Waals surface area contributed by atoms with Crippen molar-refractivity contribution in [1.82, 2.24) is 4.90 Å². The lowest BCUT2D eigenvalue weighted by Gasteiger charge is -2.29. The van der Waals surface area contributed by atoms with Gasteiger partial charge in [0.05, 0.1) is 24.5 Å². The average Bonchev–Trinajstić information content (AvgIpc) is 2.94. The third-order valence-corrected chi connectivity index (χ3v) is 4.82. The van der Waals surface area contributed by atoms with Crippen LogP contribution in [0.2, 0.25) is 0 Å². The highest BCUT2D eigenvalue weighted by Crippen LogP contribution is 2.36. The molecule has 4 rings (SSSR count). The van der Waals surface area contributed by atoms with Gasteiger partial charge in [-0.1, -0.05) is 42.0 Å². The monoisotopic (exact) mass is 366 g/mol. The number of carbonyl (C=O) groups is 2. The van der Waals surface area contributed by atoms with Crippen molar-refractivity contribution in [2.75, 3.05) is 31.2 Å². The molecule has 2 aliphatic heterocycles. The van der Waals surface area contributed by atoms with Gasteiger partial charge in [-0.15, -0.1) is 0 Å². The first-order chi connectivity index (χ1) is 13.1. The van der Waals surface area contributed by atoms with Crippen molar-refractivity contribution in [2.45, 2.75) is 6.92 Å². The van der Waals surface area contributed by atoms with Crippen molar-refractivity contribution in [3.8, 4) is 0 Å². The van der Waals surface area contributed by atoms with Gasteiger partial charge in [-0.3, -0.25) is 9.59 Å². The van der Waals surface area contributed by atoms with E-state index in [-0.39, 0.29) is 5.69 Å². The summed E-state index contributed by atoms with van der Waals surface area (Å²) in [5.41, 5.74) is 2.30. The van der Waals surface area contributed by atoms with E-state index in [4.69, 9.17) is 4.74 Å². The molecule has 1 saturated heterocycles. The van der Waals surface area contributed by atoms with Crippen LogP contribution in [0.5, 0.6) is 0 Å². The summed E-state index contributed by atoms with van der Waals surface area (Å²) < 4.78 is 19.7. The molecule has 0 spiro atoms. The fourth-order valence-electron chi connectivity index (χ4n) is 3.43. The number of carbonyl (C=O) groups excluding carboxylic acids is 2. The highest BCUT2D eigenvalue weighted by molar-refractivity contribution is 6.45. The second kappa shape index (κ2) is 6.96. The van der Waals surface area contributed by atoms with Crippen LogP contribution in [0.15, 0.2) is 54.2 Å². The minimum absolute atomic E-state index is 0.0274. The van der Waals surface area contributed by atoms with Gasteiger partial charge in [0.1, 0.15) is 11.5 Å². The number of ether oxygens (including phenoxy) is 1. The third kappa shape index (κ3) is 3.02. The van der Waals surface area contributed by atoms with Gasteiger partial charge in [-0.05, 0) is 24.6 Å². The predicted molar refractivity (Wildman–Crippen MR) is 99.4 cm³/mol. The molecule has 1 fully saturated rings. The smallest absolute Gasteiger partial charge is 0.282 e. The van der Waals surface area contributed by atoms with Gasteiger partial charge < -0.3 is 9.64 Å². The third-order valence-electron chi connectivity index (χ3n) is 4.82. The molecule has 6 heteroatoms. The summed E-state index contributed by atoms with van der Waals surface area (Å²) in [5, 5.41) is 0. The van der Waals surface area contributed by atoms with Crippen LogP contribution in [0, 0.1) is 12.7 Å². The minimum atomic E-state index is -0.606.